The molecule has 0 atom stereocenters. The summed E-state index contributed by atoms with van der Waals surface area (Å²) >= 11 is 0. The van der Waals surface area contributed by atoms with Crippen LogP contribution in [0.25, 0.3) is 0 Å². The van der Waals surface area contributed by atoms with Crippen LogP contribution in [0.2, 0.25) is 0 Å². The first-order valence-electron chi connectivity index (χ1n) is 7.09. The van der Waals surface area contributed by atoms with Crippen molar-refractivity contribution in [1.29, 1.82) is 0 Å². The van der Waals surface area contributed by atoms with Crippen molar-refractivity contribution in [1.82, 2.24) is 5.32 Å². The Morgan fingerprint density at radius 3 is 2.50 bits per heavy atom. The molecule has 1 amide bonds. The van der Waals surface area contributed by atoms with Gasteiger partial charge in [-0.25, -0.2) is 0 Å². The predicted molar refractivity (Wildman–Crippen MR) is 77.5 cm³/mol. The van der Waals surface area contributed by atoms with Crippen LogP contribution in [-0.2, 0) is 11.3 Å². The van der Waals surface area contributed by atoms with E-state index in [-0.39, 0.29) is 18.1 Å². The Hall–Kier alpha value is -1.39. The highest BCUT2D eigenvalue weighted by atomic mass is 16.5. The number of ether oxygens (including phenoxy) is 1. The van der Waals surface area contributed by atoms with Crippen LogP contribution in [0.5, 0.6) is 0 Å². The quantitative estimate of drug-likeness (QED) is 0.868. The van der Waals surface area contributed by atoms with Crippen molar-refractivity contribution in [3.8, 4) is 0 Å². The Morgan fingerprint density at radius 1 is 1.40 bits per heavy atom. The monoisotopic (exact) mass is 277 g/mol. The first-order valence-corrected chi connectivity index (χ1v) is 7.09. The molecule has 0 spiro atoms. The fourth-order valence-electron chi connectivity index (χ4n) is 2.39. The van der Waals surface area contributed by atoms with Crippen molar-refractivity contribution in [3.05, 3.63) is 35.4 Å². The standard InChI is InChI=1S/C16H23NO3/c1-11(2)20-10-12-4-6-13(7-5-12)15(18)17-14-8-16(3,19)9-14/h4-7,11,14,19H,8-10H2,1-3H3,(H,17,18). The smallest absolute Gasteiger partial charge is 0.251 e. The van der Waals surface area contributed by atoms with E-state index in [9.17, 15) is 9.90 Å². The number of amides is 1. The van der Waals surface area contributed by atoms with E-state index < -0.39 is 5.60 Å². The normalized spacial score (nSPS) is 25.4. The molecule has 2 rings (SSSR count). The molecule has 20 heavy (non-hydrogen) atoms. The van der Waals surface area contributed by atoms with Crippen molar-refractivity contribution in [2.75, 3.05) is 0 Å². The third kappa shape index (κ3) is 4.05. The summed E-state index contributed by atoms with van der Waals surface area (Å²) in [5.74, 6) is -0.0816. The van der Waals surface area contributed by atoms with Gasteiger partial charge < -0.3 is 15.2 Å². The van der Waals surface area contributed by atoms with Crippen molar-refractivity contribution in [2.45, 2.75) is 58.0 Å². The number of nitrogens with one attached hydrogen (secondary N) is 1. The molecule has 1 aromatic rings. The summed E-state index contributed by atoms with van der Waals surface area (Å²) in [5.41, 5.74) is 1.09. The van der Waals surface area contributed by atoms with Gasteiger partial charge in [0.15, 0.2) is 0 Å². The van der Waals surface area contributed by atoms with Gasteiger partial charge in [0.25, 0.3) is 5.91 Å². The minimum atomic E-state index is -0.615. The fourth-order valence-corrected chi connectivity index (χ4v) is 2.39. The SMILES string of the molecule is CC(C)OCc1ccc(C(=O)NC2CC(C)(O)C2)cc1. The summed E-state index contributed by atoms with van der Waals surface area (Å²) in [6.45, 7) is 6.34. The van der Waals surface area contributed by atoms with Gasteiger partial charge in [-0.3, -0.25) is 4.79 Å². The van der Waals surface area contributed by atoms with Crippen LogP contribution in [0.15, 0.2) is 24.3 Å². The lowest BCUT2D eigenvalue weighted by Gasteiger charge is -2.41. The van der Waals surface area contributed by atoms with Crippen LogP contribution in [0.3, 0.4) is 0 Å². The number of benzene rings is 1. The second-order valence-electron chi connectivity index (χ2n) is 6.13. The van der Waals surface area contributed by atoms with E-state index in [1.165, 1.54) is 0 Å². The fraction of sp³-hybridized carbons (Fsp3) is 0.562. The van der Waals surface area contributed by atoms with E-state index in [1.807, 2.05) is 38.1 Å². The van der Waals surface area contributed by atoms with E-state index in [4.69, 9.17) is 4.74 Å². The molecule has 0 unspecified atom stereocenters. The lowest BCUT2D eigenvalue weighted by Crippen LogP contribution is -2.53. The van der Waals surface area contributed by atoms with Gasteiger partial charge in [0, 0.05) is 11.6 Å². The topological polar surface area (TPSA) is 58.6 Å². The molecule has 0 saturated heterocycles. The summed E-state index contributed by atoms with van der Waals surface area (Å²) in [4.78, 5) is 12.0. The highest BCUT2D eigenvalue weighted by molar-refractivity contribution is 5.94. The maximum absolute atomic E-state index is 12.0. The molecule has 4 nitrogen and oxygen atoms in total. The average molecular weight is 277 g/mol. The van der Waals surface area contributed by atoms with Crippen molar-refractivity contribution < 1.29 is 14.6 Å². The highest BCUT2D eigenvalue weighted by Crippen LogP contribution is 2.31. The van der Waals surface area contributed by atoms with Crippen LogP contribution in [0.4, 0.5) is 0 Å². The molecule has 4 heteroatoms. The van der Waals surface area contributed by atoms with Crippen molar-refractivity contribution >= 4 is 5.91 Å². The first kappa shape index (κ1) is 15.0. The van der Waals surface area contributed by atoms with Gasteiger partial charge in [-0.05, 0) is 51.3 Å². The maximum atomic E-state index is 12.0. The molecule has 1 saturated carbocycles. The lowest BCUT2D eigenvalue weighted by molar-refractivity contribution is -0.0366. The molecular weight excluding hydrogens is 254 g/mol. The van der Waals surface area contributed by atoms with E-state index in [0.717, 1.165) is 5.56 Å². The third-order valence-electron chi connectivity index (χ3n) is 3.51. The number of hydrogen-bond acceptors (Lipinski definition) is 3. The van der Waals surface area contributed by atoms with Gasteiger partial charge in [-0.2, -0.15) is 0 Å². The maximum Gasteiger partial charge on any atom is 0.251 e. The van der Waals surface area contributed by atoms with Gasteiger partial charge in [0.2, 0.25) is 0 Å². The van der Waals surface area contributed by atoms with Gasteiger partial charge in [-0.1, -0.05) is 12.1 Å². The Labute approximate surface area is 120 Å². The first-order chi connectivity index (χ1) is 9.35. The summed E-state index contributed by atoms with van der Waals surface area (Å²) in [6, 6.07) is 7.53. The molecule has 1 aliphatic rings. The molecule has 0 bridgehead atoms. The summed E-state index contributed by atoms with van der Waals surface area (Å²) in [5, 5.41) is 12.6. The third-order valence-corrected chi connectivity index (χ3v) is 3.51. The Kier molecular flexibility index (Phi) is 4.45. The Balaban J connectivity index is 1.85. The number of carbonyl (C=O) groups is 1. The number of rotatable bonds is 5. The van der Waals surface area contributed by atoms with Gasteiger partial charge >= 0.3 is 0 Å². The molecule has 1 aromatic carbocycles. The van der Waals surface area contributed by atoms with Crippen LogP contribution in [0.1, 0.15) is 49.5 Å². The summed E-state index contributed by atoms with van der Waals surface area (Å²) in [6.07, 6.45) is 1.45. The number of hydrogen-bond donors (Lipinski definition) is 2. The van der Waals surface area contributed by atoms with Gasteiger partial charge in [0.1, 0.15) is 0 Å². The molecular formula is C16H23NO3. The molecule has 0 radical (unpaired) electrons. The molecule has 0 heterocycles. The number of carbonyl (C=O) groups excluding carboxylic acids is 1. The van der Waals surface area contributed by atoms with Crippen LogP contribution in [0, 0.1) is 0 Å². The van der Waals surface area contributed by atoms with E-state index in [2.05, 4.69) is 5.32 Å². The molecule has 0 aliphatic heterocycles. The molecule has 1 aliphatic carbocycles. The second kappa shape index (κ2) is 5.94. The van der Waals surface area contributed by atoms with Crippen LogP contribution < -0.4 is 5.32 Å². The van der Waals surface area contributed by atoms with Gasteiger partial charge in [-0.15, -0.1) is 0 Å². The molecule has 0 aromatic heterocycles. The summed E-state index contributed by atoms with van der Waals surface area (Å²) in [7, 11) is 0. The zero-order chi connectivity index (χ0) is 14.8. The van der Waals surface area contributed by atoms with Gasteiger partial charge in [0.05, 0.1) is 18.3 Å². The van der Waals surface area contributed by atoms with Crippen LogP contribution in [-0.4, -0.2) is 28.8 Å². The molecule has 110 valence electrons. The minimum absolute atomic E-state index is 0.0816. The van der Waals surface area contributed by atoms with E-state index in [0.29, 0.717) is 25.0 Å². The second-order valence-corrected chi connectivity index (χ2v) is 6.13. The largest absolute Gasteiger partial charge is 0.390 e. The lowest BCUT2D eigenvalue weighted by atomic mass is 9.77. The summed E-state index contributed by atoms with van der Waals surface area (Å²) < 4.78 is 5.51. The van der Waals surface area contributed by atoms with E-state index in [1.54, 1.807) is 6.92 Å². The Morgan fingerprint density at radius 2 is 2.00 bits per heavy atom. The van der Waals surface area contributed by atoms with E-state index >= 15 is 0 Å². The van der Waals surface area contributed by atoms with Crippen molar-refractivity contribution in [2.24, 2.45) is 0 Å². The number of aliphatic hydroxyl groups is 1. The Bertz CT molecular complexity index is 457. The van der Waals surface area contributed by atoms with Crippen LogP contribution >= 0.6 is 0 Å². The highest BCUT2D eigenvalue weighted by Gasteiger charge is 2.39. The predicted octanol–water partition coefficient (Wildman–Crippen LogP) is 2.25. The molecule has 2 N–H and O–H groups in total. The van der Waals surface area contributed by atoms with Crippen molar-refractivity contribution in [3.63, 3.8) is 0 Å². The molecule has 1 fully saturated rings. The zero-order valence-corrected chi connectivity index (χ0v) is 12.3. The minimum Gasteiger partial charge on any atom is -0.390 e. The zero-order valence-electron chi connectivity index (χ0n) is 12.3. The average Bonchev–Trinajstić information content (AvgIpc) is 2.34.